The summed E-state index contributed by atoms with van der Waals surface area (Å²) < 4.78 is 15.4. The average Bonchev–Trinajstić information content (AvgIpc) is 2.97. The highest BCUT2D eigenvalue weighted by molar-refractivity contribution is 5.84. The van der Waals surface area contributed by atoms with E-state index in [1.54, 1.807) is 6.92 Å². The maximum Gasteiger partial charge on any atom is 0.397 e. The Hall–Kier alpha value is -2.37. The molecule has 0 amide bonds. The first-order valence-corrected chi connectivity index (χ1v) is 6.52. The van der Waals surface area contributed by atoms with Gasteiger partial charge in [0.1, 0.15) is 5.75 Å². The van der Waals surface area contributed by atoms with Crippen molar-refractivity contribution in [2.24, 2.45) is 0 Å². The zero-order chi connectivity index (χ0) is 13.9. The highest BCUT2D eigenvalue weighted by Gasteiger charge is 2.28. The smallest absolute Gasteiger partial charge is 0.397 e. The Labute approximate surface area is 115 Å². The van der Waals surface area contributed by atoms with Crippen LogP contribution >= 0.6 is 0 Å². The quantitative estimate of drug-likeness (QED) is 0.798. The lowest BCUT2D eigenvalue weighted by molar-refractivity contribution is 0.0470. The van der Waals surface area contributed by atoms with Gasteiger partial charge in [-0.3, -0.25) is 0 Å². The number of hydrogen-bond donors (Lipinski definition) is 0. The summed E-state index contributed by atoms with van der Waals surface area (Å²) in [5, 5.41) is 3.90. The molecule has 1 aromatic heterocycles. The second-order valence-corrected chi connectivity index (χ2v) is 4.41. The molecule has 0 spiro atoms. The molecule has 2 heterocycles. The molecule has 2 aromatic rings. The minimum absolute atomic E-state index is 0.0214. The predicted octanol–water partition coefficient (Wildman–Crippen LogP) is 2.16. The first-order chi connectivity index (χ1) is 9.79. The van der Waals surface area contributed by atoms with Crippen LogP contribution in [-0.4, -0.2) is 29.3 Å². The summed E-state index contributed by atoms with van der Waals surface area (Å²) in [5.41, 5.74) is 1.01. The van der Waals surface area contributed by atoms with Crippen molar-refractivity contribution in [3.05, 3.63) is 41.5 Å². The molecule has 1 aliphatic rings. The molecule has 20 heavy (non-hydrogen) atoms. The third-order valence-corrected chi connectivity index (χ3v) is 3.16. The topological polar surface area (TPSA) is 74.5 Å². The summed E-state index contributed by atoms with van der Waals surface area (Å²) in [6.45, 7) is 2.59. The van der Waals surface area contributed by atoms with Crippen molar-refractivity contribution < 1.29 is 18.8 Å². The van der Waals surface area contributed by atoms with Crippen molar-refractivity contribution in [1.29, 1.82) is 0 Å². The van der Waals surface area contributed by atoms with Gasteiger partial charge in [0, 0.05) is 5.56 Å². The van der Waals surface area contributed by atoms with Crippen molar-refractivity contribution in [3.8, 4) is 5.75 Å². The number of ether oxygens (including phenoxy) is 2. The van der Waals surface area contributed by atoms with Crippen LogP contribution in [0.25, 0.3) is 0 Å². The van der Waals surface area contributed by atoms with Crippen LogP contribution in [0, 0.1) is 0 Å². The molecule has 1 atom stereocenters. The van der Waals surface area contributed by atoms with Crippen LogP contribution in [0.15, 0.2) is 28.8 Å². The standard InChI is InChI=1S/C14H14N2O4/c1-2-18-14(17)13-15-12(16-20-13)10-7-8-19-11-6-4-3-5-9(10)11/h3-6,10H,2,7-8H2,1H3. The number of fused-ring (bicyclic) bond motifs is 1. The zero-order valence-electron chi connectivity index (χ0n) is 11.0. The number of rotatable bonds is 3. The van der Waals surface area contributed by atoms with Gasteiger partial charge in [0.25, 0.3) is 0 Å². The summed E-state index contributed by atoms with van der Waals surface area (Å²) >= 11 is 0. The van der Waals surface area contributed by atoms with Crippen molar-refractivity contribution in [2.45, 2.75) is 19.3 Å². The maximum absolute atomic E-state index is 11.5. The van der Waals surface area contributed by atoms with Gasteiger partial charge >= 0.3 is 11.9 Å². The predicted molar refractivity (Wildman–Crippen MR) is 68.7 cm³/mol. The second kappa shape index (κ2) is 5.32. The normalized spacial score (nSPS) is 17.1. The van der Waals surface area contributed by atoms with Gasteiger partial charge in [0.2, 0.25) is 0 Å². The van der Waals surface area contributed by atoms with E-state index in [1.807, 2.05) is 24.3 Å². The van der Waals surface area contributed by atoms with Gasteiger partial charge in [0.05, 0.1) is 19.1 Å². The first-order valence-electron chi connectivity index (χ1n) is 6.52. The lowest BCUT2D eigenvalue weighted by atomic mass is 9.92. The Morgan fingerprint density at radius 3 is 3.15 bits per heavy atom. The molecular weight excluding hydrogens is 260 g/mol. The molecule has 0 saturated heterocycles. The van der Waals surface area contributed by atoms with E-state index in [2.05, 4.69) is 10.1 Å². The van der Waals surface area contributed by atoms with Crippen molar-refractivity contribution in [2.75, 3.05) is 13.2 Å². The molecule has 1 aromatic carbocycles. The fraction of sp³-hybridized carbons (Fsp3) is 0.357. The van der Waals surface area contributed by atoms with E-state index in [-0.39, 0.29) is 18.4 Å². The molecule has 0 aliphatic carbocycles. The van der Waals surface area contributed by atoms with Crippen LogP contribution in [0.4, 0.5) is 0 Å². The number of benzene rings is 1. The van der Waals surface area contributed by atoms with Gasteiger partial charge in [-0.05, 0) is 19.4 Å². The summed E-state index contributed by atoms with van der Waals surface area (Å²) in [6, 6.07) is 7.74. The van der Waals surface area contributed by atoms with Gasteiger partial charge < -0.3 is 14.0 Å². The molecule has 0 fully saturated rings. The zero-order valence-corrected chi connectivity index (χ0v) is 11.0. The number of para-hydroxylation sites is 1. The van der Waals surface area contributed by atoms with Crippen LogP contribution < -0.4 is 4.74 Å². The number of carbonyl (C=O) groups is 1. The molecule has 0 radical (unpaired) electrons. The molecule has 0 N–H and O–H groups in total. The van der Waals surface area contributed by atoms with Gasteiger partial charge in [-0.25, -0.2) is 4.79 Å². The molecular formula is C14H14N2O4. The lowest BCUT2D eigenvalue weighted by Gasteiger charge is -2.23. The van der Waals surface area contributed by atoms with Crippen LogP contribution in [0.3, 0.4) is 0 Å². The minimum Gasteiger partial charge on any atom is -0.493 e. The van der Waals surface area contributed by atoms with E-state index in [0.717, 1.165) is 17.7 Å². The molecule has 1 aliphatic heterocycles. The highest BCUT2D eigenvalue weighted by Crippen LogP contribution is 2.36. The Kier molecular flexibility index (Phi) is 3.37. The molecule has 6 heteroatoms. The van der Waals surface area contributed by atoms with E-state index < -0.39 is 5.97 Å². The molecule has 0 bridgehead atoms. The summed E-state index contributed by atoms with van der Waals surface area (Å²) in [5.74, 6) is 0.597. The number of nitrogens with zero attached hydrogens (tertiary/aromatic N) is 2. The van der Waals surface area contributed by atoms with Gasteiger partial charge in [-0.2, -0.15) is 4.98 Å². The minimum atomic E-state index is -0.591. The van der Waals surface area contributed by atoms with E-state index in [4.69, 9.17) is 14.0 Å². The second-order valence-electron chi connectivity index (χ2n) is 4.41. The van der Waals surface area contributed by atoms with Gasteiger partial charge in [-0.1, -0.05) is 23.4 Å². The SMILES string of the molecule is CCOC(=O)c1nc(C2CCOc3ccccc32)no1. The lowest BCUT2D eigenvalue weighted by Crippen LogP contribution is -2.16. The Morgan fingerprint density at radius 1 is 1.45 bits per heavy atom. The molecule has 104 valence electrons. The molecule has 0 saturated carbocycles. The van der Waals surface area contributed by atoms with Gasteiger partial charge in [0.15, 0.2) is 5.82 Å². The van der Waals surface area contributed by atoms with E-state index in [1.165, 1.54) is 0 Å². The van der Waals surface area contributed by atoms with E-state index >= 15 is 0 Å². The van der Waals surface area contributed by atoms with E-state index in [9.17, 15) is 4.79 Å². The van der Waals surface area contributed by atoms with Crippen LogP contribution in [0.2, 0.25) is 0 Å². The Bertz CT molecular complexity index is 623. The highest BCUT2D eigenvalue weighted by atomic mass is 16.6. The number of aromatic nitrogens is 2. The fourth-order valence-corrected chi connectivity index (χ4v) is 2.26. The van der Waals surface area contributed by atoms with Crippen LogP contribution in [-0.2, 0) is 4.74 Å². The van der Waals surface area contributed by atoms with Crippen molar-refractivity contribution >= 4 is 5.97 Å². The van der Waals surface area contributed by atoms with Gasteiger partial charge in [-0.15, -0.1) is 0 Å². The fourth-order valence-electron chi connectivity index (χ4n) is 2.26. The number of carbonyl (C=O) groups excluding carboxylic acids is 1. The monoisotopic (exact) mass is 274 g/mol. The number of hydrogen-bond acceptors (Lipinski definition) is 6. The largest absolute Gasteiger partial charge is 0.493 e. The molecule has 3 rings (SSSR count). The Morgan fingerprint density at radius 2 is 2.30 bits per heavy atom. The van der Waals surface area contributed by atoms with Crippen molar-refractivity contribution in [1.82, 2.24) is 10.1 Å². The average molecular weight is 274 g/mol. The first kappa shape index (κ1) is 12.7. The van der Waals surface area contributed by atoms with E-state index in [0.29, 0.717) is 12.4 Å². The molecule has 1 unspecified atom stereocenters. The third-order valence-electron chi connectivity index (χ3n) is 3.16. The summed E-state index contributed by atoms with van der Waals surface area (Å²) in [6.07, 6.45) is 0.749. The maximum atomic E-state index is 11.5. The summed E-state index contributed by atoms with van der Waals surface area (Å²) in [7, 11) is 0. The van der Waals surface area contributed by atoms with Crippen molar-refractivity contribution in [3.63, 3.8) is 0 Å². The molecule has 6 nitrogen and oxygen atoms in total. The summed E-state index contributed by atoms with van der Waals surface area (Å²) in [4.78, 5) is 15.7. The number of esters is 1. The van der Waals surface area contributed by atoms with Crippen LogP contribution in [0.5, 0.6) is 5.75 Å². The van der Waals surface area contributed by atoms with Crippen LogP contribution in [0.1, 0.15) is 41.3 Å². The third kappa shape index (κ3) is 2.24. The Balaban J connectivity index is 1.89.